The van der Waals surface area contributed by atoms with Crippen LogP contribution in [0.25, 0.3) is 0 Å². The van der Waals surface area contributed by atoms with Gasteiger partial charge in [-0.1, -0.05) is 30.7 Å². The second-order valence-corrected chi connectivity index (χ2v) is 5.20. The number of thioether (sulfide) groups is 1. The van der Waals surface area contributed by atoms with Gasteiger partial charge in [-0.25, -0.2) is 9.97 Å². The maximum Gasteiger partial charge on any atom is 0.141 e. The summed E-state index contributed by atoms with van der Waals surface area (Å²) in [5, 5.41) is 0.752. The molecular formula is C13H14ClN3S. The zero-order valence-corrected chi connectivity index (χ0v) is 11.6. The number of nitrogens with two attached hydrogens (primary N) is 1. The molecule has 1 aromatic heterocycles. The van der Waals surface area contributed by atoms with E-state index in [1.807, 2.05) is 37.3 Å². The van der Waals surface area contributed by atoms with E-state index in [0.29, 0.717) is 11.6 Å². The van der Waals surface area contributed by atoms with Crippen molar-refractivity contribution >= 4 is 29.2 Å². The van der Waals surface area contributed by atoms with E-state index in [1.165, 1.54) is 0 Å². The third-order valence-corrected chi connectivity index (χ3v) is 3.91. The van der Waals surface area contributed by atoms with Crippen LogP contribution in [0.3, 0.4) is 0 Å². The number of aromatic nitrogens is 2. The molecule has 94 valence electrons. The summed E-state index contributed by atoms with van der Waals surface area (Å²) in [6.07, 6.45) is 0.858. The summed E-state index contributed by atoms with van der Waals surface area (Å²) in [5.74, 6) is 1.94. The van der Waals surface area contributed by atoms with E-state index in [9.17, 15) is 0 Å². The van der Waals surface area contributed by atoms with Crippen LogP contribution in [0.15, 0.2) is 35.2 Å². The molecule has 0 saturated carbocycles. The van der Waals surface area contributed by atoms with Crippen molar-refractivity contribution in [2.24, 2.45) is 0 Å². The predicted octanol–water partition coefficient (Wildman–Crippen LogP) is 3.57. The molecule has 0 atom stereocenters. The van der Waals surface area contributed by atoms with Crippen LogP contribution in [0.5, 0.6) is 0 Å². The van der Waals surface area contributed by atoms with Gasteiger partial charge in [0.2, 0.25) is 0 Å². The van der Waals surface area contributed by atoms with Crippen LogP contribution < -0.4 is 5.73 Å². The molecule has 0 aliphatic heterocycles. The van der Waals surface area contributed by atoms with Crippen molar-refractivity contribution in [1.82, 2.24) is 9.97 Å². The quantitative estimate of drug-likeness (QED) is 0.870. The summed E-state index contributed by atoms with van der Waals surface area (Å²) in [7, 11) is 0. The topological polar surface area (TPSA) is 51.8 Å². The Hall–Kier alpha value is -1.26. The first-order chi connectivity index (χ1) is 8.69. The number of hydrogen-bond donors (Lipinski definition) is 1. The van der Waals surface area contributed by atoms with Crippen molar-refractivity contribution < 1.29 is 0 Å². The van der Waals surface area contributed by atoms with Gasteiger partial charge >= 0.3 is 0 Å². The minimum atomic E-state index is 0.525. The lowest BCUT2D eigenvalue weighted by Crippen LogP contribution is -2.01. The SMILES string of the molecule is CCc1cc(N)nc(CSc2ccccc2Cl)n1. The maximum atomic E-state index is 6.09. The number of aryl methyl sites for hydroxylation is 1. The molecule has 0 aliphatic carbocycles. The third-order valence-electron chi connectivity index (χ3n) is 2.40. The number of nitrogen functional groups attached to an aromatic ring is 1. The summed E-state index contributed by atoms with van der Waals surface area (Å²) in [6, 6.07) is 9.55. The van der Waals surface area contributed by atoms with E-state index in [4.69, 9.17) is 17.3 Å². The summed E-state index contributed by atoms with van der Waals surface area (Å²) in [5.41, 5.74) is 6.72. The zero-order valence-electron chi connectivity index (χ0n) is 10.1. The lowest BCUT2D eigenvalue weighted by Gasteiger charge is -2.05. The highest BCUT2D eigenvalue weighted by Gasteiger charge is 2.05. The minimum Gasteiger partial charge on any atom is -0.384 e. The van der Waals surface area contributed by atoms with Gasteiger partial charge in [0.25, 0.3) is 0 Å². The van der Waals surface area contributed by atoms with Crippen molar-refractivity contribution in [3.8, 4) is 0 Å². The normalized spacial score (nSPS) is 10.6. The van der Waals surface area contributed by atoms with E-state index in [-0.39, 0.29) is 0 Å². The molecule has 5 heteroatoms. The Kier molecular flexibility index (Phi) is 4.44. The van der Waals surface area contributed by atoms with Crippen molar-refractivity contribution in [3.63, 3.8) is 0 Å². The van der Waals surface area contributed by atoms with E-state index in [2.05, 4.69) is 9.97 Å². The number of hydrogen-bond acceptors (Lipinski definition) is 4. The molecule has 0 spiro atoms. The molecule has 0 radical (unpaired) electrons. The molecule has 1 heterocycles. The number of nitrogens with zero attached hydrogens (tertiary/aromatic N) is 2. The molecule has 0 aliphatic rings. The Morgan fingerprint density at radius 1 is 1.28 bits per heavy atom. The summed E-state index contributed by atoms with van der Waals surface area (Å²) >= 11 is 7.71. The molecule has 2 N–H and O–H groups in total. The summed E-state index contributed by atoms with van der Waals surface area (Å²) in [4.78, 5) is 9.70. The Balaban J connectivity index is 2.11. The second-order valence-electron chi connectivity index (χ2n) is 3.77. The van der Waals surface area contributed by atoms with Crippen LogP contribution in [0.1, 0.15) is 18.4 Å². The van der Waals surface area contributed by atoms with Crippen LogP contribution in [-0.2, 0) is 12.2 Å². The molecule has 0 bridgehead atoms. The minimum absolute atomic E-state index is 0.525. The highest BCUT2D eigenvalue weighted by Crippen LogP contribution is 2.28. The average molecular weight is 280 g/mol. The number of benzene rings is 1. The smallest absolute Gasteiger partial charge is 0.141 e. The van der Waals surface area contributed by atoms with Gasteiger partial charge in [-0.15, -0.1) is 11.8 Å². The molecule has 2 aromatic rings. The van der Waals surface area contributed by atoms with Crippen molar-refractivity contribution in [2.45, 2.75) is 24.0 Å². The Bertz CT molecular complexity index is 546. The van der Waals surface area contributed by atoms with E-state index in [0.717, 1.165) is 27.9 Å². The first kappa shape index (κ1) is 13.2. The standard InChI is InChI=1S/C13H14ClN3S/c1-2-9-7-12(15)17-13(16-9)8-18-11-6-4-3-5-10(11)14/h3-7H,2,8H2,1H3,(H2,15,16,17). The predicted molar refractivity (Wildman–Crippen MR) is 76.8 cm³/mol. The van der Waals surface area contributed by atoms with Crippen LogP contribution in [0, 0.1) is 0 Å². The largest absolute Gasteiger partial charge is 0.384 e. The van der Waals surface area contributed by atoms with Crippen LogP contribution >= 0.6 is 23.4 Å². The highest BCUT2D eigenvalue weighted by molar-refractivity contribution is 7.98. The molecule has 18 heavy (non-hydrogen) atoms. The fourth-order valence-corrected chi connectivity index (χ4v) is 2.62. The van der Waals surface area contributed by atoms with Crippen molar-refractivity contribution in [3.05, 3.63) is 46.9 Å². The van der Waals surface area contributed by atoms with Crippen LogP contribution in [0.2, 0.25) is 5.02 Å². The van der Waals surface area contributed by atoms with E-state index < -0.39 is 0 Å². The molecule has 0 unspecified atom stereocenters. The van der Waals surface area contributed by atoms with E-state index >= 15 is 0 Å². The average Bonchev–Trinajstić information content (AvgIpc) is 2.37. The monoisotopic (exact) mass is 279 g/mol. The fourth-order valence-electron chi connectivity index (χ4n) is 1.52. The lowest BCUT2D eigenvalue weighted by molar-refractivity contribution is 0.945. The van der Waals surface area contributed by atoms with Gasteiger partial charge in [0.1, 0.15) is 11.6 Å². The first-order valence-electron chi connectivity index (χ1n) is 5.68. The molecule has 0 fully saturated rings. The number of halogens is 1. The molecule has 1 aromatic carbocycles. The zero-order chi connectivity index (χ0) is 13.0. The van der Waals surface area contributed by atoms with Crippen LogP contribution in [0.4, 0.5) is 5.82 Å². The summed E-state index contributed by atoms with van der Waals surface area (Å²) < 4.78 is 0. The third kappa shape index (κ3) is 3.37. The van der Waals surface area contributed by atoms with Gasteiger partial charge in [0.15, 0.2) is 0 Å². The molecule has 2 rings (SSSR count). The number of anilines is 1. The molecule has 3 nitrogen and oxygen atoms in total. The maximum absolute atomic E-state index is 6.09. The fraction of sp³-hybridized carbons (Fsp3) is 0.231. The molecule has 0 saturated heterocycles. The Morgan fingerprint density at radius 3 is 2.78 bits per heavy atom. The van der Waals surface area contributed by atoms with Crippen molar-refractivity contribution in [1.29, 1.82) is 0 Å². The number of rotatable bonds is 4. The Labute approximate surface area is 116 Å². The van der Waals surface area contributed by atoms with Gasteiger partial charge in [-0.05, 0) is 18.6 Å². The summed E-state index contributed by atoms with van der Waals surface area (Å²) in [6.45, 7) is 2.05. The van der Waals surface area contributed by atoms with Gasteiger partial charge < -0.3 is 5.73 Å². The van der Waals surface area contributed by atoms with Gasteiger partial charge in [-0.3, -0.25) is 0 Å². The van der Waals surface area contributed by atoms with Gasteiger partial charge in [0.05, 0.1) is 10.8 Å². The van der Waals surface area contributed by atoms with Crippen molar-refractivity contribution in [2.75, 3.05) is 5.73 Å². The molecular weight excluding hydrogens is 266 g/mol. The Morgan fingerprint density at radius 2 is 2.06 bits per heavy atom. The van der Waals surface area contributed by atoms with Crippen LogP contribution in [-0.4, -0.2) is 9.97 Å². The van der Waals surface area contributed by atoms with E-state index in [1.54, 1.807) is 11.8 Å². The van der Waals surface area contributed by atoms with Gasteiger partial charge in [-0.2, -0.15) is 0 Å². The lowest BCUT2D eigenvalue weighted by atomic mass is 10.3. The molecule has 0 amide bonds. The highest BCUT2D eigenvalue weighted by atomic mass is 35.5. The second kappa shape index (κ2) is 6.07. The van der Waals surface area contributed by atoms with Gasteiger partial charge in [0, 0.05) is 16.7 Å². The first-order valence-corrected chi connectivity index (χ1v) is 7.05.